The van der Waals surface area contributed by atoms with Gasteiger partial charge in [0.25, 0.3) is 0 Å². The summed E-state index contributed by atoms with van der Waals surface area (Å²) in [6.07, 6.45) is 6.22. The van der Waals surface area contributed by atoms with Gasteiger partial charge in [0.05, 0.1) is 11.5 Å². The van der Waals surface area contributed by atoms with Crippen molar-refractivity contribution in [3.8, 4) is 0 Å². The minimum absolute atomic E-state index is 0.552. The number of unbranched alkanes of at least 4 members (excludes halogenated alkanes) is 3. The largest absolute Gasteiger partial charge is 0.481 e. The third-order valence-electron chi connectivity index (χ3n) is 3.16. The second-order valence-corrected chi connectivity index (χ2v) is 4.85. The molecule has 0 radical (unpaired) electrons. The SMILES string of the molecule is CCCCCCC(C)(O)C(CCC)C(=O)O. The first-order chi connectivity index (χ1) is 7.45. The van der Waals surface area contributed by atoms with Gasteiger partial charge in [0.2, 0.25) is 0 Å². The van der Waals surface area contributed by atoms with Crippen LogP contribution in [0.2, 0.25) is 0 Å². The van der Waals surface area contributed by atoms with Crippen LogP contribution in [0.25, 0.3) is 0 Å². The Kier molecular flexibility index (Phi) is 7.39. The molecule has 0 saturated carbocycles. The Labute approximate surface area is 98.9 Å². The lowest BCUT2D eigenvalue weighted by Crippen LogP contribution is -2.39. The number of carboxylic acid groups (broad SMARTS) is 1. The molecule has 0 rings (SSSR count). The Morgan fingerprint density at radius 2 is 1.81 bits per heavy atom. The zero-order valence-corrected chi connectivity index (χ0v) is 10.8. The molecular formula is C13H26O3. The second-order valence-electron chi connectivity index (χ2n) is 4.85. The summed E-state index contributed by atoms with van der Waals surface area (Å²) in [7, 11) is 0. The molecule has 0 heterocycles. The lowest BCUT2D eigenvalue weighted by molar-refractivity contribution is -0.152. The molecule has 0 amide bonds. The summed E-state index contributed by atoms with van der Waals surface area (Å²) in [6.45, 7) is 5.74. The van der Waals surface area contributed by atoms with Crippen molar-refractivity contribution in [1.82, 2.24) is 0 Å². The maximum Gasteiger partial charge on any atom is 0.309 e. The van der Waals surface area contributed by atoms with Crippen molar-refractivity contribution in [2.75, 3.05) is 0 Å². The zero-order valence-electron chi connectivity index (χ0n) is 10.8. The van der Waals surface area contributed by atoms with Gasteiger partial charge in [0.1, 0.15) is 0 Å². The van der Waals surface area contributed by atoms with E-state index >= 15 is 0 Å². The smallest absolute Gasteiger partial charge is 0.309 e. The van der Waals surface area contributed by atoms with Gasteiger partial charge in [-0.2, -0.15) is 0 Å². The highest BCUT2D eigenvalue weighted by molar-refractivity contribution is 5.71. The van der Waals surface area contributed by atoms with Crippen LogP contribution in [0.3, 0.4) is 0 Å². The summed E-state index contributed by atoms with van der Waals surface area (Å²) < 4.78 is 0. The van der Waals surface area contributed by atoms with Gasteiger partial charge in [-0.25, -0.2) is 0 Å². The maximum absolute atomic E-state index is 11.1. The molecule has 0 aliphatic carbocycles. The Hall–Kier alpha value is -0.570. The zero-order chi connectivity index (χ0) is 12.6. The molecule has 0 aromatic rings. The predicted molar refractivity (Wildman–Crippen MR) is 65.4 cm³/mol. The second kappa shape index (κ2) is 7.66. The third kappa shape index (κ3) is 5.50. The van der Waals surface area contributed by atoms with Crippen LogP contribution in [0, 0.1) is 5.92 Å². The number of hydrogen-bond acceptors (Lipinski definition) is 2. The van der Waals surface area contributed by atoms with Crippen molar-refractivity contribution in [3.05, 3.63) is 0 Å². The number of carboxylic acids is 1. The highest BCUT2D eigenvalue weighted by Gasteiger charge is 2.35. The van der Waals surface area contributed by atoms with Crippen molar-refractivity contribution in [2.24, 2.45) is 5.92 Å². The Bertz CT molecular complexity index is 199. The van der Waals surface area contributed by atoms with Gasteiger partial charge < -0.3 is 10.2 Å². The van der Waals surface area contributed by atoms with Gasteiger partial charge >= 0.3 is 5.97 Å². The summed E-state index contributed by atoms with van der Waals surface area (Å²) in [5.41, 5.74) is -1.06. The van der Waals surface area contributed by atoms with Crippen LogP contribution >= 0.6 is 0 Å². The van der Waals surface area contributed by atoms with Crippen LogP contribution in [-0.4, -0.2) is 21.8 Å². The number of hydrogen-bond donors (Lipinski definition) is 2. The van der Waals surface area contributed by atoms with Crippen molar-refractivity contribution < 1.29 is 15.0 Å². The molecule has 96 valence electrons. The summed E-state index contributed by atoms with van der Waals surface area (Å²) in [5.74, 6) is -1.50. The van der Waals surface area contributed by atoms with Crippen LogP contribution in [0.1, 0.15) is 65.7 Å². The molecule has 0 fully saturated rings. The van der Waals surface area contributed by atoms with Gasteiger partial charge in [-0.15, -0.1) is 0 Å². The summed E-state index contributed by atoms with van der Waals surface area (Å²) >= 11 is 0. The molecule has 0 spiro atoms. The molecule has 3 heteroatoms. The van der Waals surface area contributed by atoms with E-state index in [1.807, 2.05) is 6.92 Å². The third-order valence-corrected chi connectivity index (χ3v) is 3.16. The summed E-state index contributed by atoms with van der Waals surface area (Å²) in [6, 6.07) is 0. The van der Waals surface area contributed by atoms with E-state index < -0.39 is 17.5 Å². The van der Waals surface area contributed by atoms with Crippen LogP contribution in [0.4, 0.5) is 0 Å². The molecule has 2 N–H and O–H groups in total. The normalized spacial score (nSPS) is 16.8. The fraction of sp³-hybridized carbons (Fsp3) is 0.923. The van der Waals surface area contributed by atoms with E-state index in [2.05, 4.69) is 6.92 Å². The minimum atomic E-state index is -1.06. The molecule has 0 bridgehead atoms. The number of aliphatic carboxylic acids is 1. The topological polar surface area (TPSA) is 57.5 Å². The maximum atomic E-state index is 11.1. The first-order valence-electron chi connectivity index (χ1n) is 6.40. The van der Waals surface area contributed by atoms with Gasteiger partial charge in [-0.1, -0.05) is 46.0 Å². The molecule has 0 aromatic carbocycles. The molecule has 2 atom stereocenters. The molecular weight excluding hydrogens is 204 g/mol. The van der Waals surface area contributed by atoms with Gasteiger partial charge in [0, 0.05) is 0 Å². The van der Waals surface area contributed by atoms with Crippen LogP contribution in [0.15, 0.2) is 0 Å². The quantitative estimate of drug-likeness (QED) is 0.598. The van der Waals surface area contributed by atoms with E-state index in [0.717, 1.165) is 32.1 Å². The van der Waals surface area contributed by atoms with Gasteiger partial charge in [-0.3, -0.25) is 4.79 Å². The van der Waals surface area contributed by atoms with Crippen molar-refractivity contribution in [1.29, 1.82) is 0 Å². The molecule has 0 aliphatic rings. The fourth-order valence-corrected chi connectivity index (χ4v) is 2.07. The lowest BCUT2D eigenvalue weighted by atomic mass is 9.82. The van der Waals surface area contributed by atoms with Crippen LogP contribution in [0.5, 0.6) is 0 Å². The lowest BCUT2D eigenvalue weighted by Gasteiger charge is -2.30. The Morgan fingerprint density at radius 3 is 2.25 bits per heavy atom. The number of carbonyl (C=O) groups is 1. The average molecular weight is 230 g/mol. The fourth-order valence-electron chi connectivity index (χ4n) is 2.07. The standard InChI is InChI=1S/C13H26O3/c1-4-6-7-8-10-13(3,16)11(9-5-2)12(14)15/h11,16H,4-10H2,1-3H3,(H,14,15). The van der Waals surface area contributed by atoms with E-state index in [1.165, 1.54) is 0 Å². The highest BCUT2D eigenvalue weighted by atomic mass is 16.4. The predicted octanol–water partition coefficient (Wildman–Crippen LogP) is 3.21. The van der Waals surface area contributed by atoms with E-state index in [9.17, 15) is 9.90 Å². The number of rotatable bonds is 9. The molecule has 16 heavy (non-hydrogen) atoms. The van der Waals surface area contributed by atoms with E-state index in [-0.39, 0.29) is 0 Å². The van der Waals surface area contributed by atoms with Crippen molar-refractivity contribution >= 4 is 5.97 Å². The number of aliphatic hydroxyl groups is 1. The molecule has 3 nitrogen and oxygen atoms in total. The molecule has 0 saturated heterocycles. The van der Waals surface area contributed by atoms with Crippen LogP contribution < -0.4 is 0 Å². The molecule has 0 aliphatic heterocycles. The molecule has 2 unspecified atom stereocenters. The van der Waals surface area contributed by atoms with Crippen LogP contribution in [-0.2, 0) is 4.79 Å². The van der Waals surface area contributed by atoms with E-state index in [4.69, 9.17) is 5.11 Å². The summed E-state index contributed by atoms with van der Waals surface area (Å²) in [4.78, 5) is 11.1. The highest BCUT2D eigenvalue weighted by Crippen LogP contribution is 2.28. The Balaban J connectivity index is 4.18. The summed E-state index contributed by atoms with van der Waals surface area (Å²) in [5, 5.41) is 19.3. The average Bonchev–Trinajstić information content (AvgIpc) is 2.20. The minimum Gasteiger partial charge on any atom is -0.481 e. The van der Waals surface area contributed by atoms with Gasteiger partial charge in [0.15, 0.2) is 0 Å². The first kappa shape index (κ1) is 15.4. The van der Waals surface area contributed by atoms with E-state index in [0.29, 0.717) is 12.8 Å². The monoisotopic (exact) mass is 230 g/mol. The molecule has 0 aromatic heterocycles. The van der Waals surface area contributed by atoms with Crippen molar-refractivity contribution in [2.45, 2.75) is 71.3 Å². The Morgan fingerprint density at radius 1 is 1.19 bits per heavy atom. The van der Waals surface area contributed by atoms with E-state index in [1.54, 1.807) is 6.92 Å². The first-order valence-corrected chi connectivity index (χ1v) is 6.40. The van der Waals surface area contributed by atoms with Gasteiger partial charge in [-0.05, 0) is 19.8 Å². The van der Waals surface area contributed by atoms with Crippen molar-refractivity contribution in [3.63, 3.8) is 0 Å².